The van der Waals surface area contributed by atoms with Gasteiger partial charge in [0.2, 0.25) is 0 Å². The van der Waals surface area contributed by atoms with Gasteiger partial charge in [-0.15, -0.1) is 0 Å². The number of thioether (sulfide) groups is 1. The van der Waals surface area contributed by atoms with E-state index in [0.717, 1.165) is 5.16 Å². The standard InChI is InChI=1S/C5H6N2S.C4H4N2/c1-8-5-6-3-2-4-7-5;1-2-5-4-6-3-1/h2-4H,1H3;1-4H. The van der Waals surface area contributed by atoms with E-state index < -0.39 is 0 Å². The Labute approximate surface area is 86.9 Å². The molecule has 14 heavy (non-hydrogen) atoms. The lowest BCUT2D eigenvalue weighted by atomic mass is 10.7. The monoisotopic (exact) mass is 206 g/mol. The van der Waals surface area contributed by atoms with E-state index >= 15 is 0 Å². The molecule has 0 bridgehead atoms. The maximum Gasteiger partial charge on any atom is 0.187 e. The van der Waals surface area contributed by atoms with E-state index in [1.807, 2.05) is 6.26 Å². The van der Waals surface area contributed by atoms with Crippen molar-refractivity contribution in [3.63, 3.8) is 0 Å². The highest BCUT2D eigenvalue weighted by molar-refractivity contribution is 7.98. The summed E-state index contributed by atoms with van der Waals surface area (Å²) in [4.78, 5) is 15.2. The third kappa shape index (κ3) is 4.51. The van der Waals surface area contributed by atoms with Crippen LogP contribution in [0.15, 0.2) is 48.4 Å². The van der Waals surface area contributed by atoms with Crippen LogP contribution in [0, 0.1) is 0 Å². The van der Waals surface area contributed by atoms with E-state index in [-0.39, 0.29) is 0 Å². The van der Waals surface area contributed by atoms with Crippen LogP contribution in [0.3, 0.4) is 0 Å². The van der Waals surface area contributed by atoms with Gasteiger partial charge in [-0.3, -0.25) is 0 Å². The Morgan fingerprint density at radius 2 is 1.50 bits per heavy atom. The second-order valence-electron chi connectivity index (χ2n) is 2.14. The Balaban J connectivity index is 0.000000146. The van der Waals surface area contributed by atoms with Crippen molar-refractivity contribution in [2.75, 3.05) is 6.26 Å². The number of rotatable bonds is 1. The first-order valence-electron chi connectivity index (χ1n) is 3.94. The van der Waals surface area contributed by atoms with E-state index in [1.165, 1.54) is 6.33 Å². The van der Waals surface area contributed by atoms with Crippen LogP contribution in [-0.4, -0.2) is 26.2 Å². The maximum atomic E-state index is 3.95. The number of hydrogen-bond acceptors (Lipinski definition) is 5. The molecular formula is C9H10N4S. The molecule has 0 saturated carbocycles. The van der Waals surface area contributed by atoms with Crippen molar-refractivity contribution in [3.8, 4) is 0 Å². The summed E-state index contributed by atoms with van der Waals surface area (Å²) in [5, 5.41) is 0.826. The zero-order valence-electron chi connectivity index (χ0n) is 7.74. The first kappa shape index (κ1) is 10.6. The molecule has 2 rings (SSSR count). The van der Waals surface area contributed by atoms with Gasteiger partial charge in [0.05, 0.1) is 0 Å². The van der Waals surface area contributed by atoms with Crippen LogP contribution in [0.1, 0.15) is 0 Å². The van der Waals surface area contributed by atoms with Gasteiger partial charge in [0.1, 0.15) is 6.33 Å². The van der Waals surface area contributed by atoms with Crippen molar-refractivity contribution < 1.29 is 0 Å². The fraction of sp³-hybridized carbons (Fsp3) is 0.111. The normalized spacial score (nSPS) is 8.64. The van der Waals surface area contributed by atoms with Gasteiger partial charge in [0.25, 0.3) is 0 Å². The fourth-order valence-electron chi connectivity index (χ4n) is 0.644. The van der Waals surface area contributed by atoms with Gasteiger partial charge in [-0.25, -0.2) is 19.9 Å². The minimum atomic E-state index is 0.826. The first-order valence-corrected chi connectivity index (χ1v) is 5.17. The fourth-order valence-corrected chi connectivity index (χ4v) is 0.977. The molecule has 0 N–H and O–H groups in total. The van der Waals surface area contributed by atoms with E-state index in [0.29, 0.717) is 0 Å². The van der Waals surface area contributed by atoms with Gasteiger partial charge in [0.15, 0.2) is 5.16 Å². The smallest absolute Gasteiger partial charge is 0.187 e. The Morgan fingerprint density at radius 1 is 0.929 bits per heavy atom. The highest BCUT2D eigenvalue weighted by atomic mass is 32.2. The zero-order valence-corrected chi connectivity index (χ0v) is 8.56. The van der Waals surface area contributed by atoms with Gasteiger partial charge >= 0.3 is 0 Å². The number of aromatic nitrogens is 4. The predicted molar refractivity (Wildman–Crippen MR) is 55.8 cm³/mol. The molecule has 0 amide bonds. The van der Waals surface area contributed by atoms with Crippen molar-refractivity contribution in [2.24, 2.45) is 0 Å². The van der Waals surface area contributed by atoms with Crippen molar-refractivity contribution >= 4 is 11.8 Å². The van der Waals surface area contributed by atoms with Crippen molar-refractivity contribution in [3.05, 3.63) is 43.2 Å². The third-order valence-electron chi connectivity index (χ3n) is 1.20. The van der Waals surface area contributed by atoms with Crippen molar-refractivity contribution in [1.82, 2.24) is 19.9 Å². The molecule has 0 fully saturated rings. The van der Waals surface area contributed by atoms with Crippen LogP contribution >= 0.6 is 11.8 Å². The Kier molecular flexibility index (Phi) is 5.27. The van der Waals surface area contributed by atoms with Crippen LogP contribution < -0.4 is 0 Å². The summed E-state index contributed by atoms with van der Waals surface area (Å²) in [6, 6.07) is 3.58. The van der Waals surface area contributed by atoms with Crippen molar-refractivity contribution in [1.29, 1.82) is 0 Å². The lowest BCUT2D eigenvalue weighted by molar-refractivity contribution is 0.970. The average molecular weight is 206 g/mol. The van der Waals surface area contributed by atoms with Gasteiger partial charge in [0, 0.05) is 24.8 Å². The molecule has 0 saturated heterocycles. The lowest BCUT2D eigenvalue weighted by Crippen LogP contribution is -1.79. The van der Waals surface area contributed by atoms with Crippen LogP contribution in [0.2, 0.25) is 0 Å². The van der Waals surface area contributed by atoms with Crippen LogP contribution in [0.5, 0.6) is 0 Å². The van der Waals surface area contributed by atoms with Crippen LogP contribution in [-0.2, 0) is 0 Å². The van der Waals surface area contributed by atoms with Gasteiger partial charge in [-0.2, -0.15) is 0 Å². The second-order valence-corrected chi connectivity index (χ2v) is 2.91. The summed E-state index contributed by atoms with van der Waals surface area (Å²) in [7, 11) is 0. The lowest BCUT2D eigenvalue weighted by Gasteiger charge is -1.87. The number of hydrogen-bond donors (Lipinski definition) is 0. The molecule has 0 aliphatic heterocycles. The third-order valence-corrected chi connectivity index (χ3v) is 1.78. The summed E-state index contributed by atoms with van der Waals surface area (Å²) in [5.41, 5.74) is 0. The average Bonchev–Trinajstić information content (AvgIpc) is 2.33. The molecule has 0 spiro atoms. The summed E-state index contributed by atoms with van der Waals surface area (Å²) < 4.78 is 0. The molecule has 2 heterocycles. The molecule has 0 atom stereocenters. The molecule has 0 radical (unpaired) electrons. The van der Waals surface area contributed by atoms with Crippen LogP contribution in [0.25, 0.3) is 0 Å². The molecule has 0 aliphatic rings. The summed E-state index contributed by atoms with van der Waals surface area (Å²) in [5.74, 6) is 0. The summed E-state index contributed by atoms with van der Waals surface area (Å²) >= 11 is 1.55. The molecule has 0 aromatic carbocycles. The first-order chi connectivity index (χ1) is 6.93. The quantitative estimate of drug-likeness (QED) is 0.525. The Hall–Kier alpha value is -1.49. The molecule has 2 aromatic heterocycles. The maximum absolute atomic E-state index is 3.95. The Bertz CT molecular complexity index is 300. The largest absolute Gasteiger partial charge is 0.245 e. The van der Waals surface area contributed by atoms with Crippen LogP contribution in [0.4, 0.5) is 0 Å². The molecule has 72 valence electrons. The zero-order chi connectivity index (χ0) is 10.1. The summed E-state index contributed by atoms with van der Waals surface area (Å²) in [6.45, 7) is 0. The molecular weight excluding hydrogens is 196 g/mol. The Morgan fingerprint density at radius 3 is 1.79 bits per heavy atom. The van der Waals surface area contributed by atoms with Gasteiger partial charge < -0.3 is 0 Å². The summed E-state index contributed by atoms with van der Waals surface area (Å²) in [6.07, 6.45) is 10.3. The highest BCUT2D eigenvalue weighted by Gasteiger charge is 1.84. The highest BCUT2D eigenvalue weighted by Crippen LogP contribution is 2.03. The SMILES string of the molecule is CSc1ncccn1.c1cncnc1. The van der Waals surface area contributed by atoms with Gasteiger partial charge in [-0.1, -0.05) is 11.8 Å². The minimum Gasteiger partial charge on any atom is -0.245 e. The van der Waals surface area contributed by atoms with Crippen molar-refractivity contribution in [2.45, 2.75) is 5.16 Å². The molecule has 5 heteroatoms. The topological polar surface area (TPSA) is 51.6 Å². The van der Waals surface area contributed by atoms with Gasteiger partial charge in [-0.05, 0) is 18.4 Å². The molecule has 0 aliphatic carbocycles. The van der Waals surface area contributed by atoms with E-state index in [2.05, 4.69) is 19.9 Å². The predicted octanol–water partition coefficient (Wildman–Crippen LogP) is 1.68. The van der Waals surface area contributed by atoms with E-state index in [1.54, 1.807) is 48.7 Å². The molecule has 4 nitrogen and oxygen atoms in total. The molecule has 0 unspecified atom stereocenters. The minimum absolute atomic E-state index is 0.826. The second kappa shape index (κ2) is 6.97. The molecule has 2 aromatic rings. The van der Waals surface area contributed by atoms with E-state index in [9.17, 15) is 0 Å². The van der Waals surface area contributed by atoms with E-state index in [4.69, 9.17) is 0 Å². The number of nitrogens with zero attached hydrogens (tertiary/aromatic N) is 4.